The van der Waals surface area contributed by atoms with E-state index >= 15 is 0 Å². The van der Waals surface area contributed by atoms with Crippen LogP contribution in [0.5, 0.6) is 0 Å². The third-order valence-electron chi connectivity index (χ3n) is 4.60. The fraction of sp³-hybridized carbons (Fsp3) is 0.467. The molecule has 5 nitrogen and oxygen atoms in total. The van der Waals surface area contributed by atoms with Gasteiger partial charge in [-0.15, -0.1) is 12.4 Å². The highest BCUT2D eigenvalue weighted by atomic mass is 35.5. The van der Waals surface area contributed by atoms with Gasteiger partial charge in [0.15, 0.2) is 0 Å². The number of anilines is 1. The molecule has 2 aliphatic heterocycles. The Bertz CT molecular complexity index is 642. The Labute approximate surface area is 143 Å². The standard InChI is InChI=1S/C15H16F3N3O2.ClH/c1-20-13(23)21(12(22)14(20)6-8-19-9-7-14)11-4-2-10(3-5-11)15(16,17)18;/h2-5,19H,6-9H2,1H3;1H. The number of imide groups is 1. The van der Waals surface area contributed by atoms with Crippen LogP contribution in [0.3, 0.4) is 0 Å². The van der Waals surface area contributed by atoms with Crippen LogP contribution >= 0.6 is 12.4 Å². The van der Waals surface area contributed by atoms with E-state index in [4.69, 9.17) is 0 Å². The molecule has 2 aliphatic rings. The number of nitrogens with zero attached hydrogens (tertiary/aromatic N) is 2. The molecule has 3 amide bonds. The summed E-state index contributed by atoms with van der Waals surface area (Å²) in [6.07, 6.45) is -3.47. The van der Waals surface area contributed by atoms with Crippen LogP contribution in [0, 0.1) is 0 Å². The van der Waals surface area contributed by atoms with Crippen LogP contribution in [0.25, 0.3) is 0 Å². The van der Waals surface area contributed by atoms with Gasteiger partial charge in [0.25, 0.3) is 5.91 Å². The lowest BCUT2D eigenvalue weighted by Gasteiger charge is -2.36. The molecule has 0 aliphatic carbocycles. The van der Waals surface area contributed by atoms with Gasteiger partial charge in [0.2, 0.25) is 0 Å². The third kappa shape index (κ3) is 2.73. The molecule has 2 heterocycles. The summed E-state index contributed by atoms with van der Waals surface area (Å²) in [5.41, 5.74) is -1.55. The number of hydrogen-bond acceptors (Lipinski definition) is 3. The summed E-state index contributed by atoms with van der Waals surface area (Å²) in [4.78, 5) is 27.6. The van der Waals surface area contributed by atoms with E-state index in [1.165, 1.54) is 4.90 Å². The monoisotopic (exact) mass is 363 g/mol. The number of carbonyl (C=O) groups excluding carboxylic acids is 2. The number of piperidine rings is 1. The molecule has 1 spiro atoms. The van der Waals surface area contributed by atoms with Crippen molar-refractivity contribution in [1.82, 2.24) is 10.2 Å². The van der Waals surface area contributed by atoms with Gasteiger partial charge in [0.1, 0.15) is 5.54 Å². The minimum atomic E-state index is -4.45. The molecule has 2 saturated heterocycles. The van der Waals surface area contributed by atoms with Crippen LogP contribution in [0.15, 0.2) is 24.3 Å². The molecule has 0 bridgehead atoms. The van der Waals surface area contributed by atoms with Crippen LogP contribution in [-0.4, -0.2) is 42.5 Å². The second kappa shape index (κ2) is 6.25. The first-order valence-electron chi connectivity index (χ1n) is 7.28. The van der Waals surface area contributed by atoms with Crippen LogP contribution in [-0.2, 0) is 11.0 Å². The second-order valence-corrected chi connectivity index (χ2v) is 5.81. The quantitative estimate of drug-likeness (QED) is 0.780. The van der Waals surface area contributed by atoms with E-state index in [2.05, 4.69) is 5.32 Å². The highest BCUT2D eigenvalue weighted by Gasteiger charge is 2.56. The van der Waals surface area contributed by atoms with Crippen molar-refractivity contribution >= 4 is 30.0 Å². The van der Waals surface area contributed by atoms with Crippen molar-refractivity contribution in [3.8, 4) is 0 Å². The Morgan fingerprint density at radius 3 is 2.12 bits per heavy atom. The van der Waals surface area contributed by atoms with Gasteiger partial charge in [-0.1, -0.05) is 0 Å². The molecule has 9 heteroatoms. The van der Waals surface area contributed by atoms with Gasteiger partial charge in [-0.05, 0) is 50.2 Å². The molecule has 24 heavy (non-hydrogen) atoms. The highest BCUT2D eigenvalue weighted by molar-refractivity contribution is 6.23. The summed E-state index contributed by atoms with van der Waals surface area (Å²) in [6.45, 7) is 1.23. The zero-order chi connectivity index (χ0) is 16.8. The molecular formula is C15H17ClF3N3O2. The number of nitrogens with one attached hydrogen (secondary N) is 1. The summed E-state index contributed by atoms with van der Waals surface area (Å²) >= 11 is 0. The molecule has 1 aromatic carbocycles. The van der Waals surface area contributed by atoms with E-state index in [9.17, 15) is 22.8 Å². The van der Waals surface area contributed by atoms with Crippen molar-refractivity contribution in [2.24, 2.45) is 0 Å². The fourth-order valence-electron chi connectivity index (χ4n) is 3.19. The number of likely N-dealkylation sites (N-methyl/N-ethyl adjacent to an activating group) is 1. The Balaban J connectivity index is 0.00000208. The van der Waals surface area contributed by atoms with Gasteiger partial charge in [0, 0.05) is 7.05 Å². The predicted molar refractivity (Wildman–Crippen MR) is 84.2 cm³/mol. The molecule has 1 N–H and O–H groups in total. The summed E-state index contributed by atoms with van der Waals surface area (Å²) in [5, 5.41) is 3.14. The minimum Gasteiger partial charge on any atom is -0.317 e. The zero-order valence-electron chi connectivity index (χ0n) is 12.9. The molecule has 132 valence electrons. The number of alkyl halides is 3. The van der Waals surface area contributed by atoms with E-state index in [1.54, 1.807) is 7.05 Å². The van der Waals surface area contributed by atoms with Crippen LogP contribution in [0.1, 0.15) is 18.4 Å². The molecule has 0 aromatic heterocycles. The maximum absolute atomic E-state index is 12.8. The van der Waals surface area contributed by atoms with Crippen molar-refractivity contribution in [1.29, 1.82) is 0 Å². The lowest BCUT2D eigenvalue weighted by molar-refractivity contribution is -0.137. The molecule has 0 saturated carbocycles. The third-order valence-corrected chi connectivity index (χ3v) is 4.60. The average Bonchev–Trinajstić information content (AvgIpc) is 2.70. The summed E-state index contributed by atoms with van der Waals surface area (Å²) in [5.74, 6) is -0.369. The van der Waals surface area contributed by atoms with Crippen molar-refractivity contribution in [2.45, 2.75) is 24.6 Å². The largest absolute Gasteiger partial charge is 0.416 e. The highest BCUT2D eigenvalue weighted by Crippen LogP contribution is 2.38. The topological polar surface area (TPSA) is 52.7 Å². The molecule has 0 unspecified atom stereocenters. The number of halogens is 4. The Morgan fingerprint density at radius 1 is 1.08 bits per heavy atom. The second-order valence-electron chi connectivity index (χ2n) is 5.81. The maximum Gasteiger partial charge on any atom is 0.416 e. The first-order chi connectivity index (χ1) is 10.8. The Hall–Kier alpha value is -1.80. The number of amides is 3. The number of benzene rings is 1. The van der Waals surface area contributed by atoms with Gasteiger partial charge < -0.3 is 10.2 Å². The van der Waals surface area contributed by atoms with E-state index in [1.807, 2.05) is 0 Å². The molecule has 1 aromatic rings. The zero-order valence-corrected chi connectivity index (χ0v) is 13.7. The molecule has 2 fully saturated rings. The minimum absolute atomic E-state index is 0. The number of carbonyl (C=O) groups is 2. The smallest absolute Gasteiger partial charge is 0.317 e. The van der Waals surface area contributed by atoms with Gasteiger partial charge >= 0.3 is 12.2 Å². The van der Waals surface area contributed by atoms with E-state index in [-0.39, 0.29) is 24.0 Å². The number of hydrogen-bond donors (Lipinski definition) is 1. The average molecular weight is 364 g/mol. The number of urea groups is 1. The SMILES string of the molecule is CN1C(=O)N(c2ccc(C(F)(F)F)cc2)C(=O)C12CCNCC2.Cl. The van der Waals surface area contributed by atoms with Gasteiger partial charge in [0.05, 0.1) is 11.3 Å². The Morgan fingerprint density at radius 2 is 1.62 bits per heavy atom. The Kier molecular flexibility index (Phi) is 4.83. The van der Waals surface area contributed by atoms with E-state index < -0.39 is 23.3 Å². The maximum atomic E-state index is 12.8. The normalized spacial score (nSPS) is 20.5. The van der Waals surface area contributed by atoms with E-state index in [0.717, 1.165) is 29.2 Å². The van der Waals surface area contributed by atoms with Gasteiger partial charge in [-0.2, -0.15) is 13.2 Å². The molecule has 0 atom stereocenters. The summed E-state index contributed by atoms with van der Waals surface area (Å²) in [6, 6.07) is 3.57. The van der Waals surface area contributed by atoms with Crippen LogP contribution < -0.4 is 10.2 Å². The van der Waals surface area contributed by atoms with Crippen molar-refractivity contribution in [3.05, 3.63) is 29.8 Å². The van der Waals surface area contributed by atoms with Crippen molar-refractivity contribution < 1.29 is 22.8 Å². The lowest BCUT2D eigenvalue weighted by Crippen LogP contribution is -2.54. The molecular weight excluding hydrogens is 347 g/mol. The molecule has 0 radical (unpaired) electrons. The number of rotatable bonds is 1. The van der Waals surface area contributed by atoms with Crippen LogP contribution in [0.4, 0.5) is 23.7 Å². The fourth-order valence-corrected chi connectivity index (χ4v) is 3.19. The van der Waals surface area contributed by atoms with Crippen LogP contribution in [0.2, 0.25) is 0 Å². The first kappa shape index (κ1) is 18.5. The first-order valence-corrected chi connectivity index (χ1v) is 7.28. The lowest BCUT2D eigenvalue weighted by atomic mass is 9.87. The van der Waals surface area contributed by atoms with Gasteiger partial charge in [-0.25, -0.2) is 9.69 Å². The van der Waals surface area contributed by atoms with Crippen molar-refractivity contribution in [3.63, 3.8) is 0 Å². The molecule has 3 rings (SSSR count). The summed E-state index contributed by atoms with van der Waals surface area (Å²) < 4.78 is 37.9. The predicted octanol–water partition coefficient (Wildman–Crippen LogP) is 2.65. The van der Waals surface area contributed by atoms with Gasteiger partial charge in [-0.3, -0.25) is 4.79 Å². The van der Waals surface area contributed by atoms with Crippen molar-refractivity contribution in [2.75, 3.05) is 25.0 Å². The van der Waals surface area contributed by atoms with E-state index in [0.29, 0.717) is 25.9 Å². The summed E-state index contributed by atoms with van der Waals surface area (Å²) in [7, 11) is 1.57.